The van der Waals surface area contributed by atoms with Crippen LogP contribution in [0.4, 0.5) is 0 Å². The number of amides is 1. The van der Waals surface area contributed by atoms with Crippen molar-refractivity contribution in [1.29, 1.82) is 5.41 Å². The summed E-state index contributed by atoms with van der Waals surface area (Å²) in [5.41, 5.74) is 6.59. The summed E-state index contributed by atoms with van der Waals surface area (Å²) in [6, 6.07) is 5.86. The van der Waals surface area contributed by atoms with Crippen LogP contribution in [-0.4, -0.2) is 54.5 Å². The molecule has 1 aliphatic rings. The van der Waals surface area contributed by atoms with E-state index in [4.69, 9.17) is 15.9 Å². The molecule has 2 rings (SSSR count). The second-order valence-electron chi connectivity index (χ2n) is 5.29. The minimum Gasteiger partial charge on any atom is -0.492 e. The highest BCUT2D eigenvalue weighted by Crippen LogP contribution is 2.25. The number of ether oxygens (including phenoxy) is 1. The number of carbonyl (C=O) groups is 1. The molecular weight excluding hydrogens is 348 g/mol. The number of carbonyl (C=O) groups excluding carboxylic acids is 1. The Balaban J connectivity index is 1.75. The minimum atomic E-state index is 0.0691. The molecule has 0 aliphatic carbocycles. The largest absolute Gasteiger partial charge is 0.492 e. The third-order valence-corrected chi connectivity index (χ3v) is 4.25. The average molecular weight is 369 g/mol. The van der Waals surface area contributed by atoms with Gasteiger partial charge in [-0.1, -0.05) is 6.07 Å². The van der Waals surface area contributed by atoms with Crippen molar-refractivity contribution >= 4 is 27.8 Å². The fourth-order valence-corrected chi connectivity index (χ4v) is 2.93. The smallest absolute Gasteiger partial charge is 0.226 e. The summed E-state index contributed by atoms with van der Waals surface area (Å²) >= 11 is 3.45. The second kappa shape index (κ2) is 7.49. The molecule has 0 spiro atoms. The van der Waals surface area contributed by atoms with E-state index in [0.717, 1.165) is 15.8 Å². The van der Waals surface area contributed by atoms with Crippen molar-refractivity contribution < 1.29 is 9.53 Å². The molecule has 1 fully saturated rings. The van der Waals surface area contributed by atoms with Gasteiger partial charge in [-0.25, -0.2) is 0 Å². The minimum absolute atomic E-state index is 0.0691. The highest BCUT2D eigenvalue weighted by atomic mass is 79.9. The summed E-state index contributed by atoms with van der Waals surface area (Å²) in [4.78, 5) is 15.7. The number of rotatable bonds is 4. The van der Waals surface area contributed by atoms with Crippen LogP contribution < -0.4 is 10.5 Å². The first-order valence-corrected chi connectivity index (χ1v) is 8.02. The number of piperazine rings is 1. The lowest BCUT2D eigenvalue weighted by Gasteiger charge is -2.34. The van der Waals surface area contributed by atoms with Gasteiger partial charge >= 0.3 is 0 Å². The van der Waals surface area contributed by atoms with E-state index in [2.05, 4.69) is 15.9 Å². The first-order chi connectivity index (χ1) is 10.5. The third kappa shape index (κ3) is 4.37. The number of hydrogen-bond donors (Lipinski definition) is 2. The lowest BCUT2D eigenvalue weighted by atomic mass is 10.2. The Kier molecular flexibility index (Phi) is 5.65. The molecule has 1 aromatic rings. The van der Waals surface area contributed by atoms with Crippen molar-refractivity contribution in [3.05, 3.63) is 28.2 Å². The molecule has 1 aromatic carbocycles. The maximum absolute atomic E-state index is 12.1. The summed E-state index contributed by atoms with van der Waals surface area (Å²) in [5, 5.41) is 7.38. The molecule has 22 heavy (non-hydrogen) atoms. The average Bonchev–Trinajstić information content (AvgIpc) is 2.49. The number of guanidine groups is 1. The van der Waals surface area contributed by atoms with Gasteiger partial charge < -0.3 is 20.3 Å². The van der Waals surface area contributed by atoms with Crippen LogP contribution in [0.1, 0.15) is 12.0 Å². The molecule has 3 N–H and O–H groups in total. The van der Waals surface area contributed by atoms with Crippen LogP contribution in [0, 0.1) is 12.3 Å². The van der Waals surface area contributed by atoms with E-state index in [-0.39, 0.29) is 11.9 Å². The zero-order chi connectivity index (χ0) is 16.1. The molecule has 0 saturated carbocycles. The number of nitrogens with one attached hydrogen (secondary N) is 1. The molecule has 0 unspecified atom stereocenters. The van der Waals surface area contributed by atoms with Gasteiger partial charge in [0, 0.05) is 26.2 Å². The van der Waals surface area contributed by atoms with Crippen LogP contribution in [0.2, 0.25) is 0 Å². The van der Waals surface area contributed by atoms with Crippen LogP contribution in [0.15, 0.2) is 22.7 Å². The van der Waals surface area contributed by atoms with Gasteiger partial charge in [-0.05, 0) is 40.5 Å². The molecule has 120 valence electrons. The van der Waals surface area contributed by atoms with Crippen LogP contribution >= 0.6 is 15.9 Å². The number of nitrogens with two attached hydrogens (primary N) is 1. The van der Waals surface area contributed by atoms with Gasteiger partial charge in [0.2, 0.25) is 5.91 Å². The zero-order valence-electron chi connectivity index (χ0n) is 12.6. The summed E-state index contributed by atoms with van der Waals surface area (Å²) in [6.45, 7) is 4.81. The van der Waals surface area contributed by atoms with Gasteiger partial charge in [-0.3, -0.25) is 10.2 Å². The SMILES string of the molecule is Cc1ccc(OCCC(=O)N2CCN(C(=N)N)CC2)c(Br)c1. The van der Waals surface area contributed by atoms with Crippen LogP contribution in [0.25, 0.3) is 0 Å². The monoisotopic (exact) mass is 368 g/mol. The Hall–Kier alpha value is -1.76. The Morgan fingerprint density at radius 3 is 2.55 bits per heavy atom. The second-order valence-corrected chi connectivity index (χ2v) is 6.14. The summed E-state index contributed by atoms with van der Waals surface area (Å²) < 4.78 is 6.55. The molecule has 1 aliphatic heterocycles. The van der Waals surface area contributed by atoms with E-state index in [9.17, 15) is 4.79 Å². The van der Waals surface area contributed by atoms with E-state index in [1.54, 1.807) is 9.80 Å². The van der Waals surface area contributed by atoms with Crippen LogP contribution in [0.5, 0.6) is 5.75 Å². The predicted octanol–water partition coefficient (Wildman–Crippen LogP) is 1.56. The molecule has 0 aromatic heterocycles. The molecule has 0 atom stereocenters. The maximum atomic E-state index is 12.1. The summed E-state index contributed by atoms with van der Waals surface area (Å²) in [5.74, 6) is 0.894. The van der Waals surface area contributed by atoms with Gasteiger partial charge in [0.15, 0.2) is 5.96 Å². The van der Waals surface area contributed by atoms with Gasteiger partial charge in [0.05, 0.1) is 17.5 Å². The first-order valence-electron chi connectivity index (χ1n) is 7.23. The highest BCUT2D eigenvalue weighted by Gasteiger charge is 2.21. The molecule has 7 heteroatoms. The number of hydrogen-bond acceptors (Lipinski definition) is 3. The van der Waals surface area contributed by atoms with Crippen molar-refractivity contribution in [2.24, 2.45) is 5.73 Å². The van der Waals surface area contributed by atoms with E-state index in [1.165, 1.54) is 0 Å². The lowest BCUT2D eigenvalue weighted by molar-refractivity contribution is -0.133. The highest BCUT2D eigenvalue weighted by molar-refractivity contribution is 9.10. The molecule has 1 saturated heterocycles. The Morgan fingerprint density at radius 2 is 1.95 bits per heavy atom. The summed E-state index contributed by atoms with van der Waals surface area (Å²) in [6.07, 6.45) is 0.348. The third-order valence-electron chi connectivity index (χ3n) is 3.63. The molecule has 6 nitrogen and oxygen atoms in total. The molecule has 0 radical (unpaired) electrons. The lowest BCUT2D eigenvalue weighted by Crippen LogP contribution is -2.52. The van der Waals surface area contributed by atoms with Crippen LogP contribution in [0.3, 0.4) is 0 Å². The van der Waals surface area contributed by atoms with E-state index in [1.807, 2.05) is 25.1 Å². The molecule has 1 heterocycles. The number of halogens is 1. The topological polar surface area (TPSA) is 82.7 Å². The standard InChI is InChI=1S/C15H21BrN4O2/c1-11-2-3-13(12(16)10-11)22-9-4-14(21)19-5-7-20(8-6-19)15(17)18/h2-3,10H,4-9H2,1H3,(H3,17,18). The van der Waals surface area contributed by atoms with Gasteiger partial charge in [0.1, 0.15) is 5.75 Å². The van der Waals surface area contributed by atoms with E-state index >= 15 is 0 Å². The van der Waals surface area contributed by atoms with Crippen molar-refractivity contribution in [2.45, 2.75) is 13.3 Å². The Labute approximate surface area is 138 Å². The quantitative estimate of drug-likeness (QED) is 0.624. The molecule has 0 bridgehead atoms. The normalized spacial score (nSPS) is 14.8. The Morgan fingerprint density at radius 1 is 1.32 bits per heavy atom. The van der Waals surface area contributed by atoms with E-state index in [0.29, 0.717) is 39.2 Å². The fourth-order valence-electron chi connectivity index (χ4n) is 2.33. The fraction of sp³-hybridized carbons (Fsp3) is 0.467. The van der Waals surface area contributed by atoms with E-state index < -0.39 is 0 Å². The van der Waals surface area contributed by atoms with Crippen molar-refractivity contribution in [3.63, 3.8) is 0 Å². The van der Waals surface area contributed by atoms with Gasteiger partial charge in [-0.2, -0.15) is 0 Å². The number of benzene rings is 1. The van der Waals surface area contributed by atoms with Gasteiger partial charge in [0.25, 0.3) is 0 Å². The van der Waals surface area contributed by atoms with Gasteiger partial charge in [-0.15, -0.1) is 0 Å². The predicted molar refractivity (Wildman–Crippen MR) is 89.1 cm³/mol. The van der Waals surface area contributed by atoms with Crippen LogP contribution in [-0.2, 0) is 4.79 Å². The number of aryl methyl sites for hydroxylation is 1. The van der Waals surface area contributed by atoms with Crippen molar-refractivity contribution in [2.75, 3.05) is 32.8 Å². The molecule has 1 amide bonds. The first kappa shape index (κ1) is 16.6. The van der Waals surface area contributed by atoms with Crippen molar-refractivity contribution in [1.82, 2.24) is 9.80 Å². The molecular formula is C15H21BrN4O2. The number of nitrogens with zero attached hydrogens (tertiary/aromatic N) is 2. The maximum Gasteiger partial charge on any atom is 0.226 e. The van der Waals surface area contributed by atoms with Crippen molar-refractivity contribution in [3.8, 4) is 5.75 Å². The zero-order valence-corrected chi connectivity index (χ0v) is 14.2. The summed E-state index contributed by atoms with van der Waals surface area (Å²) in [7, 11) is 0. The Bertz CT molecular complexity index is 556.